The van der Waals surface area contributed by atoms with Crippen molar-refractivity contribution in [3.05, 3.63) is 0 Å². The Morgan fingerprint density at radius 3 is 2.55 bits per heavy atom. The van der Waals surface area contributed by atoms with Crippen LogP contribution in [0.25, 0.3) is 0 Å². The molecule has 0 heterocycles. The number of hydrogen-bond acceptors (Lipinski definition) is 3. The van der Waals surface area contributed by atoms with Gasteiger partial charge in [0.05, 0.1) is 13.2 Å². The van der Waals surface area contributed by atoms with Gasteiger partial charge in [-0.1, -0.05) is 0 Å². The van der Waals surface area contributed by atoms with Crippen LogP contribution in [-0.4, -0.2) is 36.9 Å². The third-order valence-electron chi connectivity index (χ3n) is 1.22. The van der Waals surface area contributed by atoms with Gasteiger partial charge >= 0.3 is 5.97 Å². The molecule has 0 rings (SSSR count). The maximum Gasteiger partial charge on any atom is 0.317 e. The van der Waals surface area contributed by atoms with E-state index in [9.17, 15) is 4.79 Å². The highest BCUT2D eigenvalue weighted by Crippen LogP contribution is 2.00. The predicted molar refractivity (Wildman–Crippen MR) is 41.6 cm³/mol. The van der Waals surface area contributed by atoms with E-state index in [2.05, 4.69) is 5.32 Å². The quantitative estimate of drug-likeness (QED) is 0.599. The van der Waals surface area contributed by atoms with Crippen LogP contribution in [0.2, 0.25) is 0 Å². The molecule has 0 saturated heterocycles. The van der Waals surface area contributed by atoms with Crippen LogP contribution in [-0.2, 0) is 9.53 Å². The first-order valence-electron chi connectivity index (χ1n) is 3.44. The topological polar surface area (TPSA) is 58.6 Å². The fraction of sp³-hybridized carbons (Fsp3) is 0.857. The molecule has 0 fully saturated rings. The average molecular weight is 161 g/mol. The summed E-state index contributed by atoms with van der Waals surface area (Å²) in [5, 5.41) is 11.2. The first kappa shape index (κ1) is 10.4. The number of hydrogen-bond donors (Lipinski definition) is 2. The van der Waals surface area contributed by atoms with E-state index in [0.29, 0.717) is 6.61 Å². The molecule has 0 aliphatic heterocycles. The molecular formula is C7H15NO3. The van der Waals surface area contributed by atoms with Crippen LogP contribution in [0.1, 0.15) is 13.8 Å². The third-order valence-corrected chi connectivity index (χ3v) is 1.22. The van der Waals surface area contributed by atoms with Gasteiger partial charge in [0.25, 0.3) is 0 Å². The Morgan fingerprint density at radius 1 is 1.64 bits per heavy atom. The third kappa shape index (κ3) is 5.82. The van der Waals surface area contributed by atoms with Crippen molar-refractivity contribution in [2.45, 2.75) is 19.4 Å². The first-order valence-corrected chi connectivity index (χ1v) is 3.44. The van der Waals surface area contributed by atoms with E-state index in [1.807, 2.05) is 13.8 Å². The van der Waals surface area contributed by atoms with Gasteiger partial charge in [0.15, 0.2) is 0 Å². The molecule has 0 radical (unpaired) electrons. The molecule has 0 unspecified atom stereocenters. The highest BCUT2D eigenvalue weighted by atomic mass is 16.5. The fourth-order valence-corrected chi connectivity index (χ4v) is 0.727. The second-order valence-electron chi connectivity index (χ2n) is 3.06. The summed E-state index contributed by atoms with van der Waals surface area (Å²) in [7, 11) is 1.59. The van der Waals surface area contributed by atoms with E-state index in [-0.39, 0.29) is 12.1 Å². The highest BCUT2D eigenvalue weighted by molar-refractivity contribution is 5.69. The van der Waals surface area contributed by atoms with E-state index in [1.165, 1.54) is 0 Å². The molecule has 0 aromatic heterocycles. The number of aliphatic carboxylic acids is 1. The summed E-state index contributed by atoms with van der Waals surface area (Å²) in [4.78, 5) is 10.1. The Labute approximate surface area is 66.5 Å². The van der Waals surface area contributed by atoms with Crippen molar-refractivity contribution in [1.82, 2.24) is 5.32 Å². The number of carboxylic acids is 1. The Balaban J connectivity index is 3.63. The van der Waals surface area contributed by atoms with Crippen LogP contribution < -0.4 is 5.32 Å². The molecular weight excluding hydrogens is 146 g/mol. The summed E-state index contributed by atoms with van der Waals surface area (Å²) >= 11 is 0. The number of ether oxygens (including phenoxy) is 1. The molecule has 0 atom stereocenters. The van der Waals surface area contributed by atoms with E-state index in [1.54, 1.807) is 7.11 Å². The van der Waals surface area contributed by atoms with Crippen LogP contribution in [0, 0.1) is 0 Å². The Bertz CT molecular complexity index is 134. The fourth-order valence-electron chi connectivity index (χ4n) is 0.727. The minimum Gasteiger partial charge on any atom is -0.480 e. The van der Waals surface area contributed by atoms with Gasteiger partial charge in [0.1, 0.15) is 0 Å². The van der Waals surface area contributed by atoms with Gasteiger partial charge in [-0.05, 0) is 13.8 Å². The summed E-state index contributed by atoms with van der Waals surface area (Å²) in [6.45, 7) is 4.25. The van der Waals surface area contributed by atoms with E-state index in [4.69, 9.17) is 9.84 Å². The lowest BCUT2D eigenvalue weighted by atomic mass is 10.1. The largest absolute Gasteiger partial charge is 0.480 e. The monoisotopic (exact) mass is 161 g/mol. The standard InChI is InChI=1S/C7H15NO3/c1-7(2,5-11-3)8-4-6(9)10/h8H,4-5H2,1-3H3,(H,9,10). The SMILES string of the molecule is COCC(C)(C)NCC(=O)O. The van der Waals surface area contributed by atoms with Crippen LogP contribution in [0.3, 0.4) is 0 Å². The van der Waals surface area contributed by atoms with Crippen LogP contribution in [0.5, 0.6) is 0 Å². The Hall–Kier alpha value is -0.610. The molecule has 0 amide bonds. The average Bonchev–Trinajstić information content (AvgIpc) is 1.84. The minimum atomic E-state index is -0.853. The summed E-state index contributed by atoms with van der Waals surface area (Å²) in [6.07, 6.45) is 0. The highest BCUT2D eigenvalue weighted by Gasteiger charge is 2.17. The number of rotatable bonds is 5. The van der Waals surface area contributed by atoms with Crippen molar-refractivity contribution in [3.8, 4) is 0 Å². The van der Waals surface area contributed by atoms with Crippen molar-refractivity contribution in [2.75, 3.05) is 20.3 Å². The van der Waals surface area contributed by atoms with Crippen LogP contribution >= 0.6 is 0 Å². The Kier molecular flexibility index (Phi) is 4.07. The lowest BCUT2D eigenvalue weighted by Crippen LogP contribution is -2.45. The first-order chi connectivity index (χ1) is 4.98. The van der Waals surface area contributed by atoms with Gasteiger partial charge in [0.2, 0.25) is 0 Å². The zero-order chi connectivity index (χ0) is 8.91. The zero-order valence-corrected chi connectivity index (χ0v) is 7.18. The number of nitrogens with one attached hydrogen (secondary N) is 1. The molecule has 4 nitrogen and oxygen atoms in total. The van der Waals surface area contributed by atoms with Crippen LogP contribution in [0.4, 0.5) is 0 Å². The summed E-state index contributed by atoms with van der Waals surface area (Å²) in [5.41, 5.74) is -0.271. The van der Waals surface area contributed by atoms with E-state index in [0.717, 1.165) is 0 Å². The van der Waals surface area contributed by atoms with E-state index >= 15 is 0 Å². The molecule has 66 valence electrons. The van der Waals surface area contributed by atoms with Crippen molar-refractivity contribution in [3.63, 3.8) is 0 Å². The molecule has 0 saturated carbocycles. The van der Waals surface area contributed by atoms with Gasteiger partial charge in [-0.3, -0.25) is 10.1 Å². The maximum atomic E-state index is 10.1. The molecule has 0 aromatic rings. The summed E-state index contributed by atoms with van der Waals surface area (Å²) in [6, 6.07) is 0. The molecule has 0 aliphatic rings. The zero-order valence-electron chi connectivity index (χ0n) is 7.18. The molecule has 4 heteroatoms. The van der Waals surface area contributed by atoms with Crippen molar-refractivity contribution in [2.24, 2.45) is 0 Å². The van der Waals surface area contributed by atoms with Gasteiger partial charge in [0, 0.05) is 12.6 Å². The van der Waals surface area contributed by atoms with Crippen molar-refractivity contribution in [1.29, 1.82) is 0 Å². The van der Waals surface area contributed by atoms with Gasteiger partial charge in [-0.25, -0.2) is 0 Å². The maximum absolute atomic E-state index is 10.1. The van der Waals surface area contributed by atoms with Crippen molar-refractivity contribution >= 4 is 5.97 Å². The number of methoxy groups -OCH3 is 1. The van der Waals surface area contributed by atoms with Gasteiger partial charge < -0.3 is 9.84 Å². The molecule has 0 aliphatic carbocycles. The lowest BCUT2D eigenvalue weighted by Gasteiger charge is -2.23. The van der Waals surface area contributed by atoms with Gasteiger partial charge in [-0.15, -0.1) is 0 Å². The normalized spacial score (nSPS) is 11.5. The van der Waals surface area contributed by atoms with Crippen molar-refractivity contribution < 1.29 is 14.6 Å². The molecule has 0 aromatic carbocycles. The molecule has 0 bridgehead atoms. The van der Waals surface area contributed by atoms with Crippen LogP contribution in [0.15, 0.2) is 0 Å². The molecule has 11 heavy (non-hydrogen) atoms. The second kappa shape index (κ2) is 4.31. The predicted octanol–water partition coefficient (Wildman–Crippen LogP) is 0.0856. The molecule has 2 N–H and O–H groups in total. The smallest absolute Gasteiger partial charge is 0.317 e. The number of carboxylic acid groups (broad SMARTS) is 1. The summed E-state index contributed by atoms with van der Waals surface area (Å²) in [5.74, 6) is -0.853. The Morgan fingerprint density at radius 2 is 2.18 bits per heavy atom. The minimum absolute atomic E-state index is 0.0314. The van der Waals surface area contributed by atoms with Gasteiger partial charge in [-0.2, -0.15) is 0 Å². The number of carbonyl (C=O) groups is 1. The summed E-state index contributed by atoms with van der Waals surface area (Å²) < 4.78 is 4.88. The second-order valence-corrected chi connectivity index (χ2v) is 3.06. The molecule has 0 spiro atoms. The van der Waals surface area contributed by atoms with E-state index < -0.39 is 5.97 Å². The lowest BCUT2D eigenvalue weighted by molar-refractivity contribution is -0.136.